The molecule has 1 rings (SSSR count). The van der Waals surface area contributed by atoms with Crippen molar-refractivity contribution >= 4 is 28.0 Å². The second kappa shape index (κ2) is 5.67. The molecule has 0 spiro atoms. The molecule has 0 aliphatic rings. The molecule has 1 amide bonds. The Kier molecular flexibility index (Phi) is 4.51. The zero-order valence-electron chi connectivity index (χ0n) is 9.69. The maximum atomic E-state index is 11.3. The lowest BCUT2D eigenvalue weighted by molar-refractivity contribution is 0.0600. The fourth-order valence-electron chi connectivity index (χ4n) is 1.01. The molecule has 0 heterocycles. The van der Waals surface area contributed by atoms with Crippen LogP contribution in [0.1, 0.15) is 10.4 Å². The van der Waals surface area contributed by atoms with Gasteiger partial charge in [0.15, 0.2) is 0 Å². The molecule has 0 atom stereocenters. The molecule has 17 heavy (non-hydrogen) atoms. The lowest BCUT2D eigenvalue weighted by Gasteiger charge is -2.12. The summed E-state index contributed by atoms with van der Waals surface area (Å²) in [5.41, 5.74) is 0.379. The predicted molar refractivity (Wildman–Crippen MR) is 65.2 cm³/mol. The maximum absolute atomic E-state index is 11.3. The summed E-state index contributed by atoms with van der Waals surface area (Å²) in [5.74, 6) is -0.104. The van der Waals surface area contributed by atoms with Crippen LogP contribution in [0.25, 0.3) is 0 Å². The maximum Gasteiger partial charge on any atom is 0.414 e. The molecular weight excluding hydrogens is 290 g/mol. The SMILES string of the molecule is COC(=O)c1ccc(OC(=O)N(C)C)c(Br)c1. The average Bonchev–Trinajstić information content (AvgIpc) is 2.30. The minimum Gasteiger partial charge on any atom is -0.465 e. The third kappa shape index (κ3) is 3.45. The normalized spacial score (nSPS) is 9.65. The van der Waals surface area contributed by atoms with Gasteiger partial charge in [0.05, 0.1) is 17.1 Å². The third-order valence-corrected chi connectivity index (χ3v) is 2.54. The average molecular weight is 302 g/mol. The van der Waals surface area contributed by atoms with Crippen molar-refractivity contribution in [1.82, 2.24) is 4.90 Å². The fourth-order valence-corrected chi connectivity index (χ4v) is 1.47. The Hall–Kier alpha value is -1.56. The Balaban J connectivity index is 2.90. The van der Waals surface area contributed by atoms with Crippen molar-refractivity contribution in [2.75, 3.05) is 21.2 Å². The van der Waals surface area contributed by atoms with Gasteiger partial charge < -0.3 is 14.4 Å². The molecule has 0 fully saturated rings. The number of amides is 1. The summed E-state index contributed by atoms with van der Waals surface area (Å²) in [6, 6.07) is 4.58. The van der Waals surface area contributed by atoms with E-state index in [0.29, 0.717) is 15.8 Å². The molecule has 1 aromatic carbocycles. The van der Waals surface area contributed by atoms with Crippen LogP contribution >= 0.6 is 15.9 Å². The highest BCUT2D eigenvalue weighted by atomic mass is 79.9. The zero-order valence-corrected chi connectivity index (χ0v) is 11.3. The molecule has 0 unspecified atom stereocenters. The van der Waals surface area contributed by atoms with Crippen LogP contribution in [0, 0.1) is 0 Å². The van der Waals surface area contributed by atoms with E-state index >= 15 is 0 Å². The first kappa shape index (κ1) is 13.5. The number of nitrogens with zero attached hydrogens (tertiary/aromatic N) is 1. The van der Waals surface area contributed by atoms with E-state index in [9.17, 15) is 9.59 Å². The first-order valence-corrected chi connectivity index (χ1v) is 5.52. The van der Waals surface area contributed by atoms with Crippen molar-refractivity contribution in [1.29, 1.82) is 0 Å². The topological polar surface area (TPSA) is 55.8 Å². The number of esters is 1. The second-order valence-electron chi connectivity index (χ2n) is 3.40. The Morgan fingerprint density at radius 1 is 1.29 bits per heavy atom. The molecule has 0 aliphatic carbocycles. The lowest BCUT2D eigenvalue weighted by Crippen LogP contribution is -2.25. The van der Waals surface area contributed by atoms with E-state index < -0.39 is 12.1 Å². The van der Waals surface area contributed by atoms with Gasteiger partial charge in [0.25, 0.3) is 0 Å². The van der Waals surface area contributed by atoms with E-state index in [4.69, 9.17) is 4.74 Å². The number of benzene rings is 1. The van der Waals surface area contributed by atoms with Crippen molar-refractivity contribution < 1.29 is 19.1 Å². The van der Waals surface area contributed by atoms with Crippen LogP contribution in [-0.2, 0) is 4.74 Å². The van der Waals surface area contributed by atoms with Gasteiger partial charge in [-0.15, -0.1) is 0 Å². The van der Waals surface area contributed by atoms with Gasteiger partial charge >= 0.3 is 12.1 Å². The van der Waals surface area contributed by atoms with E-state index in [2.05, 4.69) is 20.7 Å². The standard InChI is InChI=1S/C11H12BrNO4/c1-13(2)11(15)17-9-5-4-7(6-8(9)12)10(14)16-3/h4-6H,1-3H3. The van der Waals surface area contributed by atoms with Gasteiger partial charge in [-0.2, -0.15) is 0 Å². The summed E-state index contributed by atoms with van der Waals surface area (Å²) in [7, 11) is 4.47. The van der Waals surface area contributed by atoms with Crippen LogP contribution in [0.2, 0.25) is 0 Å². The number of ether oxygens (including phenoxy) is 2. The molecule has 0 saturated carbocycles. The Morgan fingerprint density at radius 3 is 2.41 bits per heavy atom. The van der Waals surface area contributed by atoms with Gasteiger partial charge in [-0.25, -0.2) is 9.59 Å². The highest BCUT2D eigenvalue weighted by molar-refractivity contribution is 9.10. The summed E-state index contributed by atoms with van der Waals surface area (Å²) in [6.45, 7) is 0. The minimum absolute atomic E-state index is 0.344. The third-order valence-electron chi connectivity index (χ3n) is 1.92. The van der Waals surface area contributed by atoms with Gasteiger partial charge in [0.1, 0.15) is 5.75 Å². The largest absolute Gasteiger partial charge is 0.465 e. The Morgan fingerprint density at radius 2 is 1.94 bits per heavy atom. The molecule has 0 bridgehead atoms. The van der Waals surface area contributed by atoms with Crippen molar-refractivity contribution in [3.8, 4) is 5.75 Å². The smallest absolute Gasteiger partial charge is 0.414 e. The van der Waals surface area contributed by atoms with Crippen LogP contribution in [-0.4, -0.2) is 38.2 Å². The molecule has 0 aromatic heterocycles. The van der Waals surface area contributed by atoms with E-state index in [-0.39, 0.29) is 0 Å². The summed E-state index contributed by atoms with van der Waals surface area (Å²) in [4.78, 5) is 23.9. The van der Waals surface area contributed by atoms with Crippen molar-refractivity contribution in [3.05, 3.63) is 28.2 Å². The summed E-state index contributed by atoms with van der Waals surface area (Å²) in [5, 5.41) is 0. The molecule has 0 aliphatic heterocycles. The quantitative estimate of drug-likeness (QED) is 0.787. The van der Waals surface area contributed by atoms with E-state index in [1.807, 2.05) is 0 Å². The molecule has 1 aromatic rings. The van der Waals surface area contributed by atoms with Gasteiger partial charge in [0, 0.05) is 14.1 Å². The van der Waals surface area contributed by atoms with E-state index in [1.165, 1.54) is 30.2 Å². The van der Waals surface area contributed by atoms with E-state index in [1.54, 1.807) is 14.1 Å². The highest BCUT2D eigenvalue weighted by Crippen LogP contribution is 2.26. The number of methoxy groups -OCH3 is 1. The van der Waals surface area contributed by atoms with Crippen molar-refractivity contribution in [2.45, 2.75) is 0 Å². The first-order chi connectivity index (χ1) is 7.95. The number of carbonyl (C=O) groups excluding carboxylic acids is 2. The van der Waals surface area contributed by atoms with Crippen LogP contribution < -0.4 is 4.74 Å². The van der Waals surface area contributed by atoms with Crippen molar-refractivity contribution in [2.24, 2.45) is 0 Å². The van der Waals surface area contributed by atoms with Crippen LogP contribution in [0.4, 0.5) is 4.79 Å². The zero-order chi connectivity index (χ0) is 13.0. The predicted octanol–water partition coefficient (Wildman–Crippen LogP) is 2.30. The lowest BCUT2D eigenvalue weighted by atomic mass is 10.2. The number of halogens is 1. The Labute approximate surface area is 107 Å². The molecule has 0 N–H and O–H groups in total. The number of rotatable bonds is 2. The molecule has 5 nitrogen and oxygen atoms in total. The van der Waals surface area contributed by atoms with Crippen molar-refractivity contribution in [3.63, 3.8) is 0 Å². The Bertz CT molecular complexity index is 445. The second-order valence-corrected chi connectivity index (χ2v) is 4.25. The number of carbonyl (C=O) groups is 2. The summed E-state index contributed by atoms with van der Waals surface area (Å²) < 4.78 is 10.1. The van der Waals surface area contributed by atoms with Crippen LogP contribution in [0.3, 0.4) is 0 Å². The molecular formula is C11H12BrNO4. The fraction of sp³-hybridized carbons (Fsp3) is 0.273. The summed E-state index contributed by atoms with van der Waals surface area (Å²) in [6.07, 6.45) is -0.489. The highest BCUT2D eigenvalue weighted by Gasteiger charge is 2.12. The van der Waals surface area contributed by atoms with Gasteiger partial charge in [-0.3, -0.25) is 0 Å². The minimum atomic E-state index is -0.489. The van der Waals surface area contributed by atoms with Gasteiger partial charge in [0.2, 0.25) is 0 Å². The van der Waals surface area contributed by atoms with Gasteiger partial charge in [-0.1, -0.05) is 0 Å². The molecule has 0 saturated heterocycles. The van der Waals surface area contributed by atoms with Crippen LogP contribution in [0.5, 0.6) is 5.75 Å². The van der Waals surface area contributed by atoms with E-state index in [0.717, 1.165) is 0 Å². The van der Waals surface area contributed by atoms with Gasteiger partial charge in [-0.05, 0) is 34.1 Å². The number of hydrogen-bond acceptors (Lipinski definition) is 4. The summed E-state index contributed by atoms with van der Waals surface area (Å²) >= 11 is 3.22. The molecule has 0 radical (unpaired) electrons. The first-order valence-electron chi connectivity index (χ1n) is 4.72. The number of hydrogen-bond donors (Lipinski definition) is 0. The molecule has 92 valence electrons. The monoisotopic (exact) mass is 301 g/mol. The van der Waals surface area contributed by atoms with Crippen LogP contribution in [0.15, 0.2) is 22.7 Å². The molecule has 6 heteroatoms.